The molecule has 19 heteroatoms. The first-order valence-electron chi connectivity index (χ1n) is 27.5. The molecule has 3 unspecified atom stereocenters. The van der Waals surface area contributed by atoms with Gasteiger partial charge < -0.3 is 34.8 Å². The average Bonchev–Trinajstić information content (AvgIpc) is 4.03. The van der Waals surface area contributed by atoms with Gasteiger partial charge in [-0.2, -0.15) is 9.97 Å². The minimum atomic E-state index is -0.776. The van der Waals surface area contributed by atoms with Crippen molar-refractivity contribution in [3.8, 4) is 35.4 Å². The van der Waals surface area contributed by atoms with Gasteiger partial charge in [0, 0.05) is 118 Å². The average molecular weight is 1050 g/mol. The zero-order chi connectivity index (χ0) is 53.3. The Morgan fingerprint density at radius 2 is 1.57 bits per heavy atom. The van der Waals surface area contributed by atoms with Gasteiger partial charge in [-0.15, -0.1) is 6.42 Å². The number of aromatic hydroxyl groups is 1. The fourth-order valence-electron chi connectivity index (χ4n) is 13.6. The molecule has 7 aliphatic rings. The predicted molar refractivity (Wildman–Crippen MR) is 286 cm³/mol. The lowest BCUT2D eigenvalue weighted by atomic mass is 9.91. The number of phenols is 1. The van der Waals surface area contributed by atoms with Crippen LogP contribution >= 0.6 is 0 Å². The van der Waals surface area contributed by atoms with Crippen molar-refractivity contribution in [2.45, 2.75) is 95.4 Å². The zero-order valence-electron chi connectivity index (χ0n) is 43.8. The molecular formula is C58H66F3N11O5. The van der Waals surface area contributed by atoms with Crippen LogP contribution in [0.2, 0.25) is 0 Å². The first-order chi connectivity index (χ1) is 37.2. The molecule has 6 fully saturated rings. The Labute approximate surface area is 446 Å². The van der Waals surface area contributed by atoms with Gasteiger partial charge in [-0.05, 0) is 119 Å². The van der Waals surface area contributed by atoms with Crippen LogP contribution in [-0.2, 0) is 16.1 Å². The smallest absolute Gasteiger partial charge is 0.319 e. The minimum Gasteiger partial charge on any atom is -0.508 e. The number of fused-ring (bicyclic) bond motifs is 5. The number of aromatic nitrogens is 3. The number of halogens is 3. The van der Waals surface area contributed by atoms with E-state index in [0.717, 1.165) is 97.4 Å². The third kappa shape index (κ3) is 9.91. The van der Waals surface area contributed by atoms with Crippen LogP contribution < -0.4 is 25.2 Å². The molecule has 16 nitrogen and oxygen atoms in total. The predicted octanol–water partition coefficient (Wildman–Crippen LogP) is 6.05. The Bertz CT molecular complexity index is 3200. The maximum absolute atomic E-state index is 17.1. The number of phenolic OH excluding ortho intramolecular Hbond substituents is 1. The maximum Gasteiger partial charge on any atom is 0.319 e. The Hall–Kier alpha value is -6.59. The lowest BCUT2D eigenvalue weighted by molar-refractivity contribution is -0.136. The number of carbonyl (C=O) groups is 3. The number of nitrogens with zero attached hydrogens (tertiary/aromatic N) is 9. The highest BCUT2D eigenvalue weighted by atomic mass is 19.1. The second kappa shape index (κ2) is 20.7. The van der Waals surface area contributed by atoms with Crippen LogP contribution in [0.4, 0.5) is 24.7 Å². The number of pyridine rings is 1. The van der Waals surface area contributed by atoms with Crippen molar-refractivity contribution in [2.24, 2.45) is 11.8 Å². The van der Waals surface area contributed by atoms with E-state index < -0.39 is 23.6 Å². The largest absolute Gasteiger partial charge is 0.508 e. The number of ether oxygens (including phenoxy) is 1. The van der Waals surface area contributed by atoms with Crippen molar-refractivity contribution < 1.29 is 37.4 Å². The number of benzene rings is 3. The van der Waals surface area contributed by atoms with Gasteiger partial charge in [0.25, 0.3) is 5.91 Å². The molecular weight excluding hydrogens is 988 g/mol. The number of likely N-dealkylation sites (tertiary alicyclic amines) is 1. The summed E-state index contributed by atoms with van der Waals surface area (Å²) in [5, 5.41) is 17.8. The summed E-state index contributed by atoms with van der Waals surface area (Å²) in [4.78, 5) is 64.9. The SMILES string of the molecule is C#Cc1c(F)ccc2cc(O)cc(-c3ncc4c(N5CC6CCC(C5)N6)nc(OCCN5CCN(CC6CCN(CC7CCN(c8ccc9c(c8F)CN(C8CCC(=O)NC8=O)C9=O)CC7)CC6)CC5(C)C)nc4c3F)c12. The quantitative estimate of drug-likeness (QED) is 0.0978. The van der Waals surface area contributed by atoms with Crippen molar-refractivity contribution >= 4 is 50.9 Å². The van der Waals surface area contributed by atoms with Crippen LogP contribution in [-0.4, -0.2) is 166 Å². The third-order valence-electron chi connectivity index (χ3n) is 17.7. The molecule has 404 valence electrons. The highest BCUT2D eigenvalue weighted by molar-refractivity contribution is 6.06. The monoisotopic (exact) mass is 1050 g/mol. The molecule has 2 aromatic heterocycles. The Balaban J connectivity index is 0.639. The lowest BCUT2D eigenvalue weighted by Crippen LogP contribution is -2.60. The molecule has 0 radical (unpaired) electrons. The topological polar surface area (TPSA) is 163 Å². The molecule has 0 aliphatic carbocycles. The molecule has 12 rings (SSSR count). The summed E-state index contributed by atoms with van der Waals surface area (Å²) >= 11 is 0. The van der Waals surface area contributed by atoms with Gasteiger partial charge in [-0.25, -0.2) is 13.2 Å². The number of anilines is 2. The summed E-state index contributed by atoms with van der Waals surface area (Å²) in [6.45, 7) is 15.3. The number of hydrogen-bond donors (Lipinski definition) is 3. The van der Waals surface area contributed by atoms with Crippen molar-refractivity contribution in [3.05, 3.63) is 76.7 Å². The molecule has 77 heavy (non-hydrogen) atoms. The molecule has 3 atom stereocenters. The highest BCUT2D eigenvalue weighted by Crippen LogP contribution is 2.40. The second-order valence-corrected chi connectivity index (χ2v) is 23.1. The van der Waals surface area contributed by atoms with E-state index in [9.17, 15) is 19.5 Å². The number of piperazine rings is 2. The number of piperidine rings is 3. The van der Waals surface area contributed by atoms with E-state index in [0.29, 0.717) is 71.5 Å². The first kappa shape index (κ1) is 51.2. The van der Waals surface area contributed by atoms with E-state index in [4.69, 9.17) is 16.1 Å². The Morgan fingerprint density at radius 1 is 0.831 bits per heavy atom. The summed E-state index contributed by atoms with van der Waals surface area (Å²) in [5.74, 6) is 0.978. The summed E-state index contributed by atoms with van der Waals surface area (Å²) in [6.07, 6.45) is 14.0. The molecule has 0 saturated carbocycles. The number of terminal acetylenes is 1. The number of nitrogens with one attached hydrogen (secondary N) is 2. The van der Waals surface area contributed by atoms with Gasteiger partial charge in [0.05, 0.1) is 23.2 Å². The number of rotatable bonds is 12. The summed E-state index contributed by atoms with van der Waals surface area (Å²) in [5.41, 5.74) is 1.02. The first-order valence-corrected chi connectivity index (χ1v) is 27.5. The molecule has 3 aromatic carbocycles. The van der Waals surface area contributed by atoms with E-state index >= 15 is 13.2 Å². The number of hydrogen-bond acceptors (Lipinski definition) is 14. The maximum atomic E-state index is 17.1. The van der Waals surface area contributed by atoms with Gasteiger partial charge in [0.2, 0.25) is 11.8 Å². The van der Waals surface area contributed by atoms with Crippen molar-refractivity contribution in [2.75, 3.05) is 94.9 Å². The van der Waals surface area contributed by atoms with E-state index in [-0.39, 0.29) is 94.1 Å². The fraction of sp³-hybridized carbons (Fsp3) is 0.517. The van der Waals surface area contributed by atoms with Crippen LogP contribution in [0.1, 0.15) is 86.7 Å². The summed E-state index contributed by atoms with van der Waals surface area (Å²) in [6, 6.07) is 8.80. The molecule has 7 aliphatic heterocycles. The van der Waals surface area contributed by atoms with Gasteiger partial charge in [0.15, 0.2) is 11.6 Å². The zero-order valence-corrected chi connectivity index (χ0v) is 43.8. The molecule has 6 saturated heterocycles. The molecule has 9 heterocycles. The number of carbonyl (C=O) groups excluding carboxylic acids is 3. The van der Waals surface area contributed by atoms with E-state index in [1.165, 1.54) is 29.2 Å². The molecule has 0 spiro atoms. The molecule has 2 bridgehead atoms. The lowest BCUT2D eigenvalue weighted by Gasteiger charge is -2.48. The molecule has 5 aromatic rings. The summed E-state index contributed by atoms with van der Waals surface area (Å²) in [7, 11) is 0. The third-order valence-corrected chi connectivity index (χ3v) is 17.7. The van der Waals surface area contributed by atoms with Crippen LogP contribution in [0.25, 0.3) is 32.9 Å². The van der Waals surface area contributed by atoms with Crippen molar-refractivity contribution in [3.63, 3.8) is 0 Å². The molecule has 3 N–H and O–H groups in total. The minimum absolute atomic E-state index is 0.0198. The number of amides is 3. The van der Waals surface area contributed by atoms with E-state index in [1.807, 2.05) is 0 Å². The second-order valence-electron chi connectivity index (χ2n) is 23.1. The Kier molecular flexibility index (Phi) is 13.7. The van der Waals surface area contributed by atoms with Crippen molar-refractivity contribution in [1.29, 1.82) is 0 Å². The van der Waals surface area contributed by atoms with Gasteiger partial charge in [0.1, 0.15) is 41.2 Å². The standard InChI is InChI=1S/C58H66F3N11O5/c1-4-40-45(59)9-5-36-25-39(73)26-42(49(36)40)52-51(61)53-43(27-62-52)54(70-30-37-6-7-38(31-70)63-37)66-57(65-53)77-24-23-71-22-21-68(33-58(71,2)3)29-34-13-17-67(18-14-34)28-35-15-19-69(20-16-35)46-10-8-41-44(50(46)60)32-72(56(41)76)47-11-12-48(74)64-55(47)75/h1,5,8-10,25-27,34-35,37-38,47,63,73H,6-7,11-24,28-33H2,2-3H3,(H,64,74,75). The van der Waals surface area contributed by atoms with Crippen LogP contribution in [0.3, 0.4) is 0 Å². The van der Waals surface area contributed by atoms with Crippen molar-refractivity contribution in [1.82, 2.24) is 45.2 Å². The Morgan fingerprint density at radius 3 is 2.30 bits per heavy atom. The normalized spacial score (nSPS) is 23.8. The van der Waals surface area contributed by atoms with Gasteiger partial charge in [-0.3, -0.25) is 34.5 Å². The van der Waals surface area contributed by atoms with Crippen LogP contribution in [0.5, 0.6) is 11.8 Å². The van der Waals surface area contributed by atoms with Crippen LogP contribution in [0.15, 0.2) is 42.6 Å². The van der Waals surface area contributed by atoms with Crippen LogP contribution in [0, 0.1) is 41.6 Å². The van der Waals surface area contributed by atoms with Gasteiger partial charge >= 0.3 is 6.01 Å². The molecule has 3 amide bonds. The summed E-state index contributed by atoms with van der Waals surface area (Å²) < 4.78 is 54.6. The number of imide groups is 1. The fourth-order valence-corrected chi connectivity index (χ4v) is 13.6. The highest BCUT2D eigenvalue weighted by Gasteiger charge is 2.42. The van der Waals surface area contributed by atoms with E-state index in [1.54, 1.807) is 18.3 Å². The van der Waals surface area contributed by atoms with Gasteiger partial charge in [-0.1, -0.05) is 12.0 Å². The van der Waals surface area contributed by atoms with E-state index in [2.05, 4.69) is 64.9 Å².